The molecule has 130 valence electrons. The molecule has 0 aliphatic carbocycles. The predicted molar refractivity (Wildman–Crippen MR) is 102 cm³/mol. The Kier molecular flexibility index (Phi) is 3.88. The second-order valence-corrected chi connectivity index (χ2v) is 8.19. The van der Waals surface area contributed by atoms with Gasteiger partial charge in [0.1, 0.15) is 5.82 Å². The molecule has 4 rings (SSSR count). The van der Waals surface area contributed by atoms with Crippen LogP contribution in [-0.2, 0) is 24.9 Å². The maximum absolute atomic E-state index is 4.88. The fourth-order valence-corrected chi connectivity index (χ4v) is 3.59. The number of fused-ring (bicyclic) bond motifs is 2. The van der Waals surface area contributed by atoms with Crippen LogP contribution in [0.5, 0.6) is 0 Å². The summed E-state index contributed by atoms with van der Waals surface area (Å²) in [6, 6.07) is 6.51. The van der Waals surface area contributed by atoms with Gasteiger partial charge in [-0.25, -0.2) is 9.97 Å². The van der Waals surface area contributed by atoms with Crippen LogP contribution in [0.15, 0.2) is 30.6 Å². The number of hydrogen-bond acceptors (Lipinski definition) is 3. The summed E-state index contributed by atoms with van der Waals surface area (Å²) in [7, 11) is 0. The van der Waals surface area contributed by atoms with E-state index in [2.05, 4.69) is 67.0 Å². The highest BCUT2D eigenvalue weighted by atomic mass is 15.1. The molecule has 0 radical (unpaired) electrons. The van der Waals surface area contributed by atoms with Crippen LogP contribution in [0.1, 0.15) is 49.0 Å². The molecule has 0 unspecified atom stereocenters. The van der Waals surface area contributed by atoms with Crippen molar-refractivity contribution in [1.82, 2.24) is 19.9 Å². The molecule has 3 heterocycles. The first-order chi connectivity index (χ1) is 11.9. The van der Waals surface area contributed by atoms with Gasteiger partial charge in [0.05, 0.1) is 5.69 Å². The van der Waals surface area contributed by atoms with Crippen LogP contribution in [-0.4, -0.2) is 26.4 Å². The van der Waals surface area contributed by atoms with E-state index in [9.17, 15) is 0 Å². The van der Waals surface area contributed by atoms with Gasteiger partial charge in [-0.2, -0.15) is 0 Å². The zero-order valence-corrected chi connectivity index (χ0v) is 15.6. The van der Waals surface area contributed by atoms with Crippen molar-refractivity contribution in [2.45, 2.75) is 52.6 Å². The van der Waals surface area contributed by atoms with Gasteiger partial charge < -0.3 is 4.98 Å². The molecule has 1 aliphatic rings. The highest BCUT2D eigenvalue weighted by molar-refractivity contribution is 5.85. The van der Waals surface area contributed by atoms with Crippen LogP contribution in [0.4, 0.5) is 0 Å². The van der Waals surface area contributed by atoms with Crippen LogP contribution in [0.25, 0.3) is 10.9 Å². The van der Waals surface area contributed by atoms with E-state index < -0.39 is 0 Å². The first-order valence-corrected chi connectivity index (χ1v) is 9.05. The van der Waals surface area contributed by atoms with Gasteiger partial charge in [-0.1, -0.05) is 39.0 Å². The van der Waals surface area contributed by atoms with Gasteiger partial charge in [-0.05, 0) is 30.0 Å². The maximum Gasteiger partial charge on any atom is 0.133 e. The lowest BCUT2D eigenvalue weighted by atomic mass is 9.95. The Hall–Kier alpha value is -2.20. The Labute approximate surface area is 149 Å². The molecule has 0 saturated carbocycles. The first-order valence-electron chi connectivity index (χ1n) is 9.05. The normalized spacial score (nSPS) is 15.5. The van der Waals surface area contributed by atoms with Crippen molar-refractivity contribution in [2.75, 3.05) is 6.54 Å². The Balaban J connectivity index is 1.58. The maximum atomic E-state index is 4.88. The lowest BCUT2D eigenvalue weighted by Crippen LogP contribution is -2.32. The molecule has 4 heteroatoms. The summed E-state index contributed by atoms with van der Waals surface area (Å²) in [6.45, 7) is 11.6. The molecule has 3 aromatic rings. The van der Waals surface area contributed by atoms with Crippen molar-refractivity contribution in [3.63, 3.8) is 0 Å². The summed E-state index contributed by atoms with van der Waals surface area (Å²) in [6.07, 6.45) is 5.23. The Bertz CT molecular complexity index is 917. The summed E-state index contributed by atoms with van der Waals surface area (Å²) >= 11 is 0. The highest BCUT2D eigenvalue weighted by Crippen LogP contribution is 2.26. The number of para-hydroxylation sites is 1. The summed E-state index contributed by atoms with van der Waals surface area (Å²) in [5.74, 6) is 0.941. The van der Waals surface area contributed by atoms with Crippen molar-refractivity contribution >= 4 is 10.9 Å². The average Bonchev–Trinajstić information content (AvgIpc) is 2.98. The molecule has 1 aliphatic heterocycles. The monoisotopic (exact) mass is 334 g/mol. The molecule has 25 heavy (non-hydrogen) atoms. The zero-order chi connectivity index (χ0) is 17.6. The third kappa shape index (κ3) is 3.07. The number of benzene rings is 1. The standard InChI is InChI=1S/C21H26N4/c1-14-6-5-7-17-16(11-22-19(14)17)12-25-9-8-15-10-23-20(21(2,3)4)24-18(15)13-25/h5-7,10-11,22H,8-9,12-13H2,1-4H3. The van der Waals surface area contributed by atoms with Gasteiger partial charge in [-0.3, -0.25) is 4.90 Å². The highest BCUT2D eigenvalue weighted by Gasteiger charge is 2.23. The van der Waals surface area contributed by atoms with E-state index in [-0.39, 0.29) is 5.41 Å². The quantitative estimate of drug-likeness (QED) is 0.766. The summed E-state index contributed by atoms with van der Waals surface area (Å²) in [4.78, 5) is 15.4. The van der Waals surface area contributed by atoms with E-state index >= 15 is 0 Å². The SMILES string of the molecule is Cc1cccc2c(CN3CCc4cnc(C(C)(C)C)nc4C3)c[nH]c12. The second kappa shape index (κ2) is 5.95. The molecule has 0 spiro atoms. The molecule has 0 bridgehead atoms. The van der Waals surface area contributed by atoms with E-state index in [1.54, 1.807) is 0 Å². The molecule has 0 saturated heterocycles. The largest absolute Gasteiger partial charge is 0.361 e. The molecule has 0 amide bonds. The minimum atomic E-state index is -0.00826. The number of hydrogen-bond donors (Lipinski definition) is 1. The average molecular weight is 334 g/mol. The number of nitrogens with one attached hydrogen (secondary N) is 1. The van der Waals surface area contributed by atoms with E-state index in [1.807, 2.05) is 6.20 Å². The summed E-state index contributed by atoms with van der Waals surface area (Å²) < 4.78 is 0. The third-order valence-electron chi connectivity index (χ3n) is 5.10. The molecule has 1 aromatic carbocycles. The molecule has 4 nitrogen and oxygen atoms in total. The van der Waals surface area contributed by atoms with E-state index in [4.69, 9.17) is 4.98 Å². The minimum absolute atomic E-state index is 0.00826. The van der Waals surface area contributed by atoms with Crippen molar-refractivity contribution in [3.8, 4) is 0 Å². The van der Waals surface area contributed by atoms with Crippen LogP contribution in [0.3, 0.4) is 0 Å². The fourth-order valence-electron chi connectivity index (χ4n) is 3.59. The van der Waals surface area contributed by atoms with E-state index in [1.165, 1.54) is 33.3 Å². The van der Waals surface area contributed by atoms with Crippen molar-refractivity contribution < 1.29 is 0 Å². The van der Waals surface area contributed by atoms with Crippen molar-refractivity contribution in [3.05, 3.63) is 58.8 Å². The number of aromatic nitrogens is 3. The number of aryl methyl sites for hydroxylation is 1. The molecule has 0 fully saturated rings. The van der Waals surface area contributed by atoms with Crippen molar-refractivity contribution in [2.24, 2.45) is 0 Å². The first kappa shape index (κ1) is 16.3. The lowest BCUT2D eigenvalue weighted by molar-refractivity contribution is 0.241. The topological polar surface area (TPSA) is 44.8 Å². The van der Waals surface area contributed by atoms with Gasteiger partial charge in [0.25, 0.3) is 0 Å². The lowest BCUT2D eigenvalue weighted by Gasteiger charge is -2.29. The third-order valence-corrected chi connectivity index (χ3v) is 5.10. The number of aromatic amines is 1. The Morgan fingerprint density at radius 2 is 2.08 bits per heavy atom. The molecule has 1 N–H and O–H groups in total. The minimum Gasteiger partial charge on any atom is -0.361 e. The van der Waals surface area contributed by atoms with E-state index in [0.717, 1.165) is 31.9 Å². The van der Waals surface area contributed by atoms with Crippen LogP contribution in [0, 0.1) is 6.92 Å². The van der Waals surface area contributed by atoms with Gasteiger partial charge in [0, 0.05) is 48.3 Å². The van der Waals surface area contributed by atoms with Gasteiger partial charge in [0.2, 0.25) is 0 Å². The summed E-state index contributed by atoms with van der Waals surface area (Å²) in [5, 5.41) is 1.34. The zero-order valence-electron chi connectivity index (χ0n) is 15.6. The Morgan fingerprint density at radius 1 is 1.24 bits per heavy atom. The number of nitrogens with zero attached hydrogens (tertiary/aromatic N) is 3. The van der Waals surface area contributed by atoms with Crippen LogP contribution in [0.2, 0.25) is 0 Å². The van der Waals surface area contributed by atoms with Crippen LogP contribution >= 0.6 is 0 Å². The number of rotatable bonds is 2. The summed E-state index contributed by atoms with van der Waals surface area (Å²) in [5.41, 5.74) is 6.42. The predicted octanol–water partition coefficient (Wildman–Crippen LogP) is 4.12. The fraction of sp³-hybridized carbons (Fsp3) is 0.429. The van der Waals surface area contributed by atoms with Gasteiger partial charge in [-0.15, -0.1) is 0 Å². The van der Waals surface area contributed by atoms with E-state index in [0.29, 0.717) is 0 Å². The van der Waals surface area contributed by atoms with Gasteiger partial charge >= 0.3 is 0 Å². The molecule has 0 atom stereocenters. The molecule has 2 aromatic heterocycles. The smallest absolute Gasteiger partial charge is 0.133 e. The molecular weight excluding hydrogens is 308 g/mol. The van der Waals surface area contributed by atoms with Crippen LogP contribution < -0.4 is 0 Å². The van der Waals surface area contributed by atoms with Crippen molar-refractivity contribution in [1.29, 1.82) is 0 Å². The second-order valence-electron chi connectivity index (χ2n) is 8.19. The molecular formula is C21H26N4. The Morgan fingerprint density at radius 3 is 2.88 bits per heavy atom. The van der Waals surface area contributed by atoms with Gasteiger partial charge in [0.15, 0.2) is 0 Å². The number of H-pyrrole nitrogens is 1.